The van der Waals surface area contributed by atoms with Gasteiger partial charge in [0.05, 0.1) is 5.69 Å². The number of primary sulfonamides is 1. The number of benzene rings is 2. The van der Waals surface area contributed by atoms with Crippen molar-refractivity contribution in [2.45, 2.75) is 11.8 Å². The third-order valence-electron chi connectivity index (χ3n) is 2.65. The number of aryl methyl sites for hydroxylation is 1. The summed E-state index contributed by atoms with van der Waals surface area (Å²) in [7, 11) is -3.82. The highest BCUT2D eigenvalue weighted by Gasteiger charge is 2.13. The van der Waals surface area contributed by atoms with Crippen LogP contribution in [0.25, 0.3) is 0 Å². The number of halogens is 1. The van der Waals surface area contributed by atoms with E-state index in [4.69, 9.17) is 15.6 Å². The monoisotopic (exact) mass is 356 g/mol. The maximum absolute atomic E-state index is 11.3. The van der Waals surface area contributed by atoms with Crippen molar-refractivity contribution in [3.8, 4) is 11.5 Å². The average molecular weight is 357 g/mol. The van der Waals surface area contributed by atoms with E-state index in [1.54, 1.807) is 6.07 Å². The summed E-state index contributed by atoms with van der Waals surface area (Å²) >= 11 is 3.40. The zero-order chi connectivity index (χ0) is 14.9. The standard InChI is InChI=1S/C13H13BrN2O3S/c1-8-6-9(2-4-11(8)14)19-10-3-5-13(12(15)7-10)20(16,17)18/h2-7H,15H2,1H3,(H2,16,17,18). The van der Waals surface area contributed by atoms with Crippen LogP contribution >= 0.6 is 15.9 Å². The van der Waals surface area contributed by atoms with Gasteiger partial charge < -0.3 is 10.5 Å². The topological polar surface area (TPSA) is 95.4 Å². The number of nitrogens with two attached hydrogens (primary N) is 2. The van der Waals surface area contributed by atoms with E-state index in [9.17, 15) is 8.42 Å². The van der Waals surface area contributed by atoms with Gasteiger partial charge in [0.1, 0.15) is 16.4 Å². The Kier molecular flexibility index (Phi) is 4.03. The van der Waals surface area contributed by atoms with E-state index >= 15 is 0 Å². The molecule has 2 aromatic rings. The summed E-state index contributed by atoms with van der Waals surface area (Å²) < 4.78 is 29.1. The lowest BCUT2D eigenvalue weighted by Gasteiger charge is -2.09. The van der Waals surface area contributed by atoms with Gasteiger partial charge in [0.2, 0.25) is 10.0 Å². The van der Waals surface area contributed by atoms with Crippen molar-refractivity contribution in [2.75, 3.05) is 5.73 Å². The minimum Gasteiger partial charge on any atom is -0.457 e. The van der Waals surface area contributed by atoms with Crippen molar-refractivity contribution in [3.05, 3.63) is 46.4 Å². The van der Waals surface area contributed by atoms with Crippen LogP contribution in [0.4, 0.5) is 5.69 Å². The molecule has 7 heteroatoms. The Morgan fingerprint density at radius 1 is 1.10 bits per heavy atom. The first-order valence-electron chi connectivity index (χ1n) is 5.64. The fourth-order valence-corrected chi connectivity index (χ4v) is 2.56. The van der Waals surface area contributed by atoms with Gasteiger partial charge in [-0.05, 0) is 42.8 Å². The van der Waals surface area contributed by atoms with Gasteiger partial charge in [-0.25, -0.2) is 13.6 Å². The number of nitrogen functional groups attached to an aromatic ring is 1. The lowest BCUT2D eigenvalue weighted by molar-refractivity contribution is 0.482. The van der Waals surface area contributed by atoms with Gasteiger partial charge in [0, 0.05) is 10.5 Å². The smallest absolute Gasteiger partial charge is 0.240 e. The molecule has 0 saturated carbocycles. The SMILES string of the molecule is Cc1cc(Oc2ccc(S(N)(=O)=O)c(N)c2)ccc1Br. The molecule has 0 aliphatic rings. The number of ether oxygens (including phenoxy) is 1. The second-order valence-corrected chi connectivity index (χ2v) is 6.64. The molecule has 0 bridgehead atoms. The zero-order valence-corrected chi connectivity index (χ0v) is 13.0. The summed E-state index contributed by atoms with van der Waals surface area (Å²) in [5, 5.41) is 5.04. The molecule has 0 atom stereocenters. The van der Waals surface area contributed by atoms with Crippen LogP contribution in [0.1, 0.15) is 5.56 Å². The molecular formula is C13H13BrN2O3S. The van der Waals surface area contributed by atoms with Crippen LogP contribution in [0.3, 0.4) is 0 Å². The molecule has 0 radical (unpaired) electrons. The van der Waals surface area contributed by atoms with Crippen molar-refractivity contribution in [1.29, 1.82) is 0 Å². The lowest BCUT2D eigenvalue weighted by Crippen LogP contribution is -2.14. The van der Waals surface area contributed by atoms with Crippen molar-refractivity contribution in [3.63, 3.8) is 0 Å². The molecule has 0 aliphatic carbocycles. The van der Waals surface area contributed by atoms with E-state index in [1.807, 2.05) is 19.1 Å². The highest BCUT2D eigenvalue weighted by molar-refractivity contribution is 9.10. The Labute approximate surface area is 125 Å². The highest BCUT2D eigenvalue weighted by Crippen LogP contribution is 2.29. The number of anilines is 1. The first kappa shape index (κ1) is 14.8. The molecule has 106 valence electrons. The first-order chi connectivity index (χ1) is 9.27. The third kappa shape index (κ3) is 3.30. The zero-order valence-electron chi connectivity index (χ0n) is 10.6. The summed E-state index contributed by atoms with van der Waals surface area (Å²) in [6.45, 7) is 1.94. The Balaban J connectivity index is 2.31. The average Bonchev–Trinajstić information content (AvgIpc) is 2.32. The molecule has 0 heterocycles. The summed E-state index contributed by atoms with van der Waals surface area (Å²) in [5.41, 5.74) is 6.75. The number of rotatable bonds is 3. The van der Waals surface area contributed by atoms with Gasteiger partial charge in [-0.3, -0.25) is 0 Å². The predicted octanol–water partition coefficient (Wildman–Crippen LogP) is 2.78. The quantitative estimate of drug-likeness (QED) is 0.826. The van der Waals surface area contributed by atoms with E-state index in [0.29, 0.717) is 11.5 Å². The Hall–Kier alpha value is -1.57. The normalized spacial score (nSPS) is 11.3. The van der Waals surface area contributed by atoms with E-state index in [-0.39, 0.29) is 10.6 Å². The van der Waals surface area contributed by atoms with Crippen LogP contribution in [-0.2, 0) is 10.0 Å². The molecule has 2 aromatic carbocycles. The largest absolute Gasteiger partial charge is 0.457 e. The minimum atomic E-state index is -3.82. The summed E-state index contributed by atoms with van der Waals surface area (Å²) in [5.74, 6) is 1.07. The molecule has 0 fully saturated rings. The maximum Gasteiger partial charge on any atom is 0.240 e. The molecule has 4 N–H and O–H groups in total. The van der Waals surface area contributed by atoms with E-state index < -0.39 is 10.0 Å². The van der Waals surface area contributed by atoms with Gasteiger partial charge in [-0.2, -0.15) is 0 Å². The van der Waals surface area contributed by atoms with Crippen molar-refractivity contribution < 1.29 is 13.2 Å². The van der Waals surface area contributed by atoms with E-state index in [2.05, 4.69) is 15.9 Å². The molecule has 0 unspecified atom stereocenters. The number of hydrogen-bond acceptors (Lipinski definition) is 4. The summed E-state index contributed by atoms with van der Waals surface area (Å²) in [4.78, 5) is -0.114. The third-order valence-corrected chi connectivity index (χ3v) is 4.53. The van der Waals surface area contributed by atoms with Crippen LogP contribution in [0.15, 0.2) is 45.8 Å². The molecule has 0 saturated heterocycles. The first-order valence-corrected chi connectivity index (χ1v) is 7.97. The molecule has 5 nitrogen and oxygen atoms in total. The molecular weight excluding hydrogens is 344 g/mol. The van der Waals surface area contributed by atoms with Crippen molar-refractivity contribution in [1.82, 2.24) is 0 Å². The molecule has 0 amide bonds. The minimum absolute atomic E-state index is 0.0545. The summed E-state index contributed by atoms with van der Waals surface area (Å²) in [6, 6.07) is 9.78. The van der Waals surface area contributed by atoms with Crippen LogP contribution < -0.4 is 15.6 Å². The molecule has 20 heavy (non-hydrogen) atoms. The van der Waals surface area contributed by atoms with Gasteiger partial charge in [-0.15, -0.1) is 0 Å². The van der Waals surface area contributed by atoms with Crippen LogP contribution in [0.5, 0.6) is 11.5 Å². The second-order valence-electron chi connectivity index (χ2n) is 4.26. The number of sulfonamides is 1. The van der Waals surface area contributed by atoms with Gasteiger partial charge in [0.25, 0.3) is 0 Å². The lowest BCUT2D eigenvalue weighted by atomic mass is 10.2. The van der Waals surface area contributed by atoms with Crippen molar-refractivity contribution in [2.24, 2.45) is 5.14 Å². The van der Waals surface area contributed by atoms with Gasteiger partial charge in [0.15, 0.2) is 0 Å². The number of hydrogen-bond donors (Lipinski definition) is 2. The molecule has 2 rings (SSSR count). The van der Waals surface area contributed by atoms with Crippen LogP contribution in [0, 0.1) is 6.92 Å². The fourth-order valence-electron chi connectivity index (χ4n) is 1.67. The van der Waals surface area contributed by atoms with Gasteiger partial charge >= 0.3 is 0 Å². The Bertz CT molecular complexity index is 760. The predicted molar refractivity (Wildman–Crippen MR) is 81.2 cm³/mol. The van der Waals surface area contributed by atoms with Crippen LogP contribution in [-0.4, -0.2) is 8.42 Å². The highest BCUT2D eigenvalue weighted by atomic mass is 79.9. The van der Waals surface area contributed by atoms with E-state index in [0.717, 1.165) is 10.0 Å². The molecule has 0 aliphatic heterocycles. The second kappa shape index (κ2) is 5.43. The molecule has 0 spiro atoms. The Morgan fingerprint density at radius 2 is 1.70 bits per heavy atom. The summed E-state index contributed by atoms with van der Waals surface area (Å²) in [6.07, 6.45) is 0. The maximum atomic E-state index is 11.3. The Morgan fingerprint density at radius 3 is 2.25 bits per heavy atom. The van der Waals surface area contributed by atoms with E-state index in [1.165, 1.54) is 18.2 Å². The van der Waals surface area contributed by atoms with Gasteiger partial charge in [-0.1, -0.05) is 15.9 Å². The molecule has 0 aromatic heterocycles. The van der Waals surface area contributed by atoms with Crippen LogP contribution in [0.2, 0.25) is 0 Å². The van der Waals surface area contributed by atoms with Crippen molar-refractivity contribution >= 4 is 31.6 Å². The fraction of sp³-hybridized carbons (Fsp3) is 0.0769.